The van der Waals surface area contributed by atoms with Crippen LogP contribution in [0.1, 0.15) is 36.2 Å². The highest BCUT2D eigenvalue weighted by molar-refractivity contribution is 5.96. The van der Waals surface area contributed by atoms with Crippen LogP contribution in [0, 0.1) is 0 Å². The quantitative estimate of drug-likeness (QED) is 0.741. The Morgan fingerprint density at radius 2 is 1.88 bits per heavy atom. The molecule has 0 fully saturated rings. The summed E-state index contributed by atoms with van der Waals surface area (Å²) < 4.78 is 0. The van der Waals surface area contributed by atoms with Gasteiger partial charge >= 0.3 is 0 Å². The molecule has 0 amide bonds. The summed E-state index contributed by atoms with van der Waals surface area (Å²) in [6.45, 7) is 3.91. The fourth-order valence-corrected chi connectivity index (χ4v) is 1.58. The fourth-order valence-electron chi connectivity index (χ4n) is 1.58. The van der Waals surface area contributed by atoms with Crippen LogP contribution in [0.25, 0.3) is 0 Å². The van der Waals surface area contributed by atoms with E-state index in [1.54, 1.807) is 26.0 Å². The van der Waals surface area contributed by atoms with E-state index in [-0.39, 0.29) is 5.78 Å². The van der Waals surface area contributed by atoms with E-state index in [9.17, 15) is 9.90 Å². The predicted molar refractivity (Wildman–Crippen MR) is 64.4 cm³/mol. The first-order chi connectivity index (χ1) is 7.42. The molecule has 0 saturated carbocycles. The molecule has 0 bridgehead atoms. The lowest BCUT2D eigenvalue weighted by Crippen LogP contribution is -2.21. The summed E-state index contributed by atoms with van der Waals surface area (Å²) in [5, 5.41) is 9.65. The Kier molecular flexibility index (Phi) is 4.21. The van der Waals surface area contributed by atoms with Gasteiger partial charge in [-0.2, -0.15) is 0 Å². The summed E-state index contributed by atoms with van der Waals surface area (Å²) in [6, 6.07) is 7.33. The molecule has 3 heteroatoms. The van der Waals surface area contributed by atoms with Gasteiger partial charge in [0.2, 0.25) is 0 Å². The molecule has 0 aliphatic carbocycles. The molecule has 0 aromatic heterocycles. The van der Waals surface area contributed by atoms with Gasteiger partial charge in [-0.15, -0.1) is 0 Å². The maximum Gasteiger partial charge on any atom is 0.164 e. The summed E-state index contributed by atoms with van der Waals surface area (Å²) in [5.74, 6) is 0.0670. The lowest BCUT2D eigenvalue weighted by atomic mass is 9.97. The van der Waals surface area contributed by atoms with Crippen LogP contribution in [0.4, 0.5) is 0 Å². The Balaban J connectivity index is 2.72. The van der Waals surface area contributed by atoms with Gasteiger partial charge in [-0.25, -0.2) is 0 Å². The molecule has 0 heterocycles. The first-order valence-electron chi connectivity index (χ1n) is 5.47. The molecular weight excluding hydrogens is 202 g/mol. The van der Waals surface area contributed by atoms with Crippen LogP contribution in [-0.4, -0.2) is 23.0 Å². The van der Waals surface area contributed by atoms with Crippen molar-refractivity contribution >= 4 is 5.78 Å². The number of hydrogen-bond acceptors (Lipinski definition) is 3. The Labute approximate surface area is 96.3 Å². The molecule has 3 nitrogen and oxygen atoms in total. The third-order valence-corrected chi connectivity index (χ3v) is 2.28. The largest absolute Gasteiger partial charge is 0.390 e. The van der Waals surface area contributed by atoms with Gasteiger partial charge in [-0.05, 0) is 26.0 Å². The highest BCUT2D eigenvalue weighted by atomic mass is 16.3. The molecule has 3 N–H and O–H groups in total. The minimum Gasteiger partial charge on any atom is -0.390 e. The van der Waals surface area contributed by atoms with Crippen molar-refractivity contribution in [2.75, 3.05) is 6.54 Å². The van der Waals surface area contributed by atoms with E-state index in [4.69, 9.17) is 5.73 Å². The van der Waals surface area contributed by atoms with Gasteiger partial charge in [0.05, 0.1) is 5.60 Å². The molecule has 0 saturated heterocycles. The van der Waals surface area contributed by atoms with Gasteiger partial charge in [-0.3, -0.25) is 4.79 Å². The second-order valence-corrected chi connectivity index (χ2v) is 4.65. The normalized spacial score (nSPS) is 11.5. The Morgan fingerprint density at radius 3 is 2.31 bits per heavy atom. The van der Waals surface area contributed by atoms with Crippen molar-refractivity contribution < 1.29 is 9.90 Å². The number of Topliss-reactive ketones (excluding diaryl/α,β-unsaturated/α-hetero) is 1. The molecular formula is C13H19NO2. The zero-order valence-corrected chi connectivity index (χ0v) is 9.86. The number of nitrogens with two attached hydrogens (primary N) is 1. The Bertz CT molecular complexity index is 349. The van der Waals surface area contributed by atoms with Crippen molar-refractivity contribution in [3.05, 3.63) is 35.4 Å². The summed E-state index contributed by atoms with van der Waals surface area (Å²) >= 11 is 0. The highest BCUT2D eigenvalue weighted by Crippen LogP contribution is 2.13. The maximum absolute atomic E-state index is 11.5. The highest BCUT2D eigenvalue weighted by Gasteiger charge is 2.13. The van der Waals surface area contributed by atoms with Gasteiger partial charge in [0.1, 0.15) is 0 Å². The second-order valence-electron chi connectivity index (χ2n) is 4.65. The molecule has 1 aromatic carbocycles. The lowest BCUT2D eigenvalue weighted by molar-refractivity contribution is 0.0810. The number of hydrogen-bond donors (Lipinski definition) is 2. The fraction of sp³-hybridized carbons (Fsp3) is 0.462. The van der Waals surface area contributed by atoms with Crippen molar-refractivity contribution in [3.63, 3.8) is 0 Å². The molecule has 16 heavy (non-hydrogen) atoms. The van der Waals surface area contributed by atoms with E-state index >= 15 is 0 Å². The van der Waals surface area contributed by atoms with Crippen LogP contribution in [0.5, 0.6) is 0 Å². The average molecular weight is 221 g/mol. The second kappa shape index (κ2) is 5.23. The number of aliphatic hydroxyl groups is 1. The summed E-state index contributed by atoms with van der Waals surface area (Å²) in [6.07, 6.45) is 0.962. The number of rotatable bonds is 5. The summed E-state index contributed by atoms with van der Waals surface area (Å²) in [4.78, 5) is 11.5. The van der Waals surface area contributed by atoms with E-state index < -0.39 is 5.60 Å². The first-order valence-corrected chi connectivity index (χ1v) is 5.47. The molecule has 1 aromatic rings. The van der Waals surface area contributed by atoms with E-state index in [1.165, 1.54) is 0 Å². The van der Waals surface area contributed by atoms with Crippen LogP contribution < -0.4 is 5.73 Å². The van der Waals surface area contributed by atoms with Crippen molar-refractivity contribution in [3.8, 4) is 0 Å². The molecule has 0 aliphatic rings. The van der Waals surface area contributed by atoms with Crippen LogP contribution >= 0.6 is 0 Å². The van der Waals surface area contributed by atoms with Gasteiger partial charge < -0.3 is 10.8 Å². The maximum atomic E-state index is 11.5. The summed E-state index contributed by atoms with van der Waals surface area (Å²) in [5.41, 5.74) is 6.32. The van der Waals surface area contributed by atoms with Crippen molar-refractivity contribution in [1.82, 2.24) is 0 Å². The van der Waals surface area contributed by atoms with Crippen LogP contribution in [0.15, 0.2) is 24.3 Å². The lowest BCUT2D eigenvalue weighted by Gasteiger charge is -2.16. The third kappa shape index (κ3) is 4.13. The van der Waals surface area contributed by atoms with Crippen LogP contribution in [0.3, 0.4) is 0 Å². The SMILES string of the molecule is CC(C)(O)Cc1ccc(C(=O)CCN)cc1. The summed E-state index contributed by atoms with van der Waals surface area (Å²) in [7, 11) is 0. The first kappa shape index (κ1) is 12.9. The molecule has 0 unspecified atom stereocenters. The van der Waals surface area contributed by atoms with Gasteiger partial charge in [0, 0.05) is 18.4 Å². The number of carbonyl (C=O) groups excluding carboxylic acids is 1. The monoisotopic (exact) mass is 221 g/mol. The third-order valence-electron chi connectivity index (χ3n) is 2.28. The molecule has 0 radical (unpaired) electrons. The topological polar surface area (TPSA) is 63.3 Å². The Morgan fingerprint density at radius 1 is 1.31 bits per heavy atom. The molecule has 0 aliphatic heterocycles. The van der Waals surface area contributed by atoms with Crippen LogP contribution in [-0.2, 0) is 6.42 Å². The Hall–Kier alpha value is -1.19. The van der Waals surface area contributed by atoms with E-state index in [2.05, 4.69) is 0 Å². The van der Waals surface area contributed by atoms with Gasteiger partial charge in [-0.1, -0.05) is 24.3 Å². The predicted octanol–water partition coefficient (Wildman–Crippen LogP) is 1.53. The van der Waals surface area contributed by atoms with Gasteiger partial charge in [0.15, 0.2) is 5.78 Å². The van der Waals surface area contributed by atoms with Crippen molar-refractivity contribution in [2.45, 2.75) is 32.3 Å². The van der Waals surface area contributed by atoms with E-state index in [1.807, 2.05) is 12.1 Å². The minimum absolute atomic E-state index is 0.0670. The zero-order chi connectivity index (χ0) is 12.2. The standard InChI is InChI=1S/C13H19NO2/c1-13(2,16)9-10-3-5-11(6-4-10)12(15)7-8-14/h3-6,16H,7-9,14H2,1-2H3. The zero-order valence-electron chi connectivity index (χ0n) is 9.86. The molecule has 0 spiro atoms. The molecule has 1 rings (SSSR count). The molecule has 0 atom stereocenters. The van der Waals surface area contributed by atoms with Crippen LogP contribution in [0.2, 0.25) is 0 Å². The van der Waals surface area contributed by atoms with E-state index in [0.717, 1.165) is 5.56 Å². The minimum atomic E-state index is -0.719. The number of ketones is 1. The number of benzene rings is 1. The van der Waals surface area contributed by atoms with Crippen molar-refractivity contribution in [2.24, 2.45) is 5.73 Å². The molecule has 88 valence electrons. The van der Waals surface area contributed by atoms with E-state index in [0.29, 0.717) is 24.9 Å². The average Bonchev–Trinajstić information content (AvgIpc) is 2.16. The number of carbonyl (C=O) groups is 1. The van der Waals surface area contributed by atoms with Crippen molar-refractivity contribution in [1.29, 1.82) is 0 Å². The van der Waals surface area contributed by atoms with Gasteiger partial charge in [0.25, 0.3) is 0 Å². The smallest absolute Gasteiger partial charge is 0.164 e.